The fraction of sp³-hybridized carbons (Fsp3) is 1.00. The molecule has 0 aliphatic heterocycles. The van der Waals surface area contributed by atoms with Crippen molar-refractivity contribution in [2.45, 2.75) is 64.6 Å². The molecule has 0 aromatic rings. The summed E-state index contributed by atoms with van der Waals surface area (Å²) in [4.78, 5) is 0. The number of halogens is 4. The van der Waals surface area contributed by atoms with Crippen LogP contribution in [-0.2, 0) is 4.74 Å². The minimum Gasteiger partial charge on any atom is -0.313 e. The van der Waals surface area contributed by atoms with E-state index in [1.807, 2.05) is 6.92 Å². The van der Waals surface area contributed by atoms with E-state index in [-0.39, 0.29) is 0 Å². The second-order valence-electron chi connectivity index (χ2n) is 3.64. The number of ether oxygens (including phenoxy) is 1. The van der Waals surface area contributed by atoms with Gasteiger partial charge in [0.15, 0.2) is 0 Å². The smallest absolute Gasteiger partial charge is 0.313 e. The van der Waals surface area contributed by atoms with Crippen molar-refractivity contribution in [2.75, 3.05) is 0 Å². The Bertz CT molecular complexity index is 162. The average Bonchev–Trinajstić information content (AvgIpc) is 2.11. The van der Waals surface area contributed by atoms with Crippen LogP contribution in [0.1, 0.15) is 46.0 Å². The number of hydrogen-bond donors (Lipinski definition) is 0. The number of rotatable bonds is 8. The maximum absolute atomic E-state index is 12.4. The Hall–Kier alpha value is -0.320. The average molecular weight is 230 g/mol. The molecule has 0 bridgehead atoms. The van der Waals surface area contributed by atoms with E-state index >= 15 is 0 Å². The maximum Gasteiger partial charge on any atom is 0.416 e. The molecule has 0 aromatic carbocycles. The first-order chi connectivity index (χ1) is 6.90. The van der Waals surface area contributed by atoms with Gasteiger partial charge in [0.2, 0.25) is 0 Å². The van der Waals surface area contributed by atoms with Gasteiger partial charge in [-0.15, -0.1) is 0 Å². The second kappa shape index (κ2) is 7.04. The van der Waals surface area contributed by atoms with Gasteiger partial charge in [-0.1, -0.05) is 32.6 Å². The van der Waals surface area contributed by atoms with Crippen LogP contribution in [0.2, 0.25) is 0 Å². The molecule has 92 valence electrons. The highest BCUT2D eigenvalue weighted by molar-refractivity contribution is 4.60. The molecule has 1 unspecified atom stereocenters. The molecule has 0 rings (SSSR count). The Kier molecular flexibility index (Phi) is 6.89. The number of alkyl halides is 4. The van der Waals surface area contributed by atoms with Crippen LogP contribution < -0.4 is 0 Å². The predicted molar refractivity (Wildman–Crippen MR) is 50.3 cm³/mol. The summed E-state index contributed by atoms with van der Waals surface area (Å²) in [5.41, 5.74) is 0. The van der Waals surface area contributed by atoms with Gasteiger partial charge in [-0.3, -0.25) is 0 Å². The van der Waals surface area contributed by atoms with Crippen molar-refractivity contribution in [1.82, 2.24) is 0 Å². The van der Waals surface area contributed by atoms with E-state index in [0.29, 0.717) is 6.42 Å². The van der Waals surface area contributed by atoms with Crippen LogP contribution >= 0.6 is 0 Å². The van der Waals surface area contributed by atoms with Gasteiger partial charge in [0.25, 0.3) is 0 Å². The minimum atomic E-state index is -4.32. The molecule has 0 N–H and O–H groups in total. The molecule has 0 radical (unpaired) electrons. The van der Waals surface area contributed by atoms with Crippen molar-refractivity contribution >= 4 is 0 Å². The van der Waals surface area contributed by atoms with Crippen molar-refractivity contribution in [1.29, 1.82) is 0 Å². The SMILES string of the molecule is CCCCCCC(C)OC(F)(F)C(F)F. The largest absolute Gasteiger partial charge is 0.416 e. The third-order valence-electron chi connectivity index (χ3n) is 2.08. The molecule has 1 atom stereocenters. The lowest BCUT2D eigenvalue weighted by Crippen LogP contribution is -2.33. The first-order valence-electron chi connectivity index (χ1n) is 5.24. The zero-order valence-electron chi connectivity index (χ0n) is 9.11. The van der Waals surface area contributed by atoms with Gasteiger partial charge >= 0.3 is 12.5 Å². The van der Waals surface area contributed by atoms with Crippen LogP contribution in [0.5, 0.6) is 0 Å². The predicted octanol–water partition coefficient (Wildman–Crippen LogP) is 4.22. The molecule has 0 amide bonds. The lowest BCUT2D eigenvalue weighted by Gasteiger charge is -2.20. The summed E-state index contributed by atoms with van der Waals surface area (Å²) in [6.07, 6.45) is -4.78. The monoisotopic (exact) mass is 230 g/mol. The van der Waals surface area contributed by atoms with Gasteiger partial charge in [0, 0.05) is 0 Å². The quantitative estimate of drug-likeness (QED) is 0.448. The fourth-order valence-corrected chi connectivity index (χ4v) is 1.24. The zero-order valence-corrected chi connectivity index (χ0v) is 9.11. The third-order valence-corrected chi connectivity index (χ3v) is 2.08. The third kappa shape index (κ3) is 6.71. The Balaban J connectivity index is 3.68. The van der Waals surface area contributed by atoms with E-state index < -0.39 is 18.6 Å². The van der Waals surface area contributed by atoms with E-state index in [0.717, 1.165) is 25.7 Å². The van der Waals surface area contributed by atoms with Crippen molar-refractivity contribution in [3.8, 4) is 0 Å². The van der Waals surface area contributed by atoms with E-state index in [1.54, 1.807) is 0 Å². The summed E-state index contributed by atoms with van der Waals surface area (Å²) >= 11 is 0. The molecule has 0 fully saturated rings. The Morgan fingerprint density at radius 3 is 2.20 bits per heavy atom. The highest BCUT2D eigenvalue weighted by atomic mass is 19.3. The second-order valence-corrected chi connectivity index (χ2v) is 3.64. The topological polar surface area (TPSA) is 9.23 Å². The van der Waals surface area contributed by atoms with E-state index in [2.05, 4.69) is 4.74 Å². The van der Waals surface area contributed by atoms with Crippen LogP contribution in [-0.4, -0.2) is 18.6 Å². The summed E-state index contributed by atoms with van der Waals surface area (Å²) in [7, 11) is 0. The summed E-state index contributed by atoms with van der Waals surface area (Å²) in [6.45, 7) is 3.42. The molecule has 1 nitrogen and oxygen atoms in total. The van der Waals surface area contributed by atoms with Gasteiger partial charge in [-0.05, 0) is 13.3 Å². The molecule has 0 aliphatic rings. The minimum absolute atomic E-state index is 0.391. The molecule has 15 heavy (non-hydrogen) atoms. The highest BCUT2D eigenvalue weighted by Crippen LogP contribution is 2.27. The fourth-order valence-electron chi connectivity index (χ4n) is 1.24. The van der Waals surface area contributed by atoms with Crippen LogP contribution in [0.4, 0.5) is 17.6 Å². The van der Waals surface area contributed by atoms with Crippen LogP contribution in [0.15, 0.2) is 0 Å². The highest BCUT2D eigenvalue weighted by Gasteiger charge is 2.43. The van der Waals surface area contributed by atoms with Gasteiger partial charge < -0.3 is 4.74 Å². The van der Waals surface area contributed by atoms with Gasteiger partial charge in [-0.25, -0.2) is 8.78 Å². The molecule has 0 aliphatic carbocycles. The molecule has 0 aromatic heterocycles. The van der Waals surface area contributed by atoms with E-state index in [1.165, 1.54) is 6.92 Å². The molecule has 0 saturated carbocycles. The van der Waals surface area contributed by atoms with E-state index in [9.17, 15) is 17.6 Å². The normalized spacial score (nSPS) is 14.6. The van der Waals surface area contributed by atoms with Crippen LogP contribution in [0.3, 0.4) is 0 Å². The van der Waals surface area contributed by atoms with Crippen molar-refractivity contribution in [3.05, 3.63) is 0 Å². The Labute approximate surface area is 87.8 Å². The van der Waals surface area contributed by atoms with Gasteiger partial charge in [0.1, 0.15) is 0 Å². The van der Waals surface area contributed by atoms with Crippen molar-refractivity contribution in [2.24, 2.45) is 0 Å². The molecule has 5 heteroatoms. The Morgan fingerprint density at radius 1 is 1.13 bits per heavy atom. The summed E-state index contributed by atoms with van der Waals surface area (Å²) < 4.78 is 52.3. The van der Waals surface area contributed by atoms with Crippen molar-refractivity contribution in [3.63, 3.8) is 0 Å². The van der Waals surface area contributed by atoms with Crippen LogP contribution in [0.25, 0.3) is 0 Å². The lowest BCUT2D eigenvalue weighted by molar-refractivity contribution is -0.316. The van der Waals surface area contributed by atoms with E-state index in [4.69, 9.17) is 0 Å². The summed E-state index contributed by atoms with van der Waals surface area (Å²) in [6, 6.07) is 0. The lowest BCUT2D eigenvalue weighted by atomic mass is 10.1. The molecular formula is C10H18F4O. The molecule has 0 saturated heterocycles. The molecule has 0 spiro atoms. The zero-order chi connectivity index (χ0) is 11.9. The maximum atomic E-state index is 12.4. The van der Waals surface area contributed by atoms with Gasteiger partial charge in [0.05, 0.1) is 6.10 Å². The first-order valence-corrected chi connectivity index (χ1v) is 5.24. The van der Waals surface area contributed by atoms with Crippen LogP contribution in [0, 0.1) is 0 Å². The Morgan fingerprint density at radius 2 is 1.73 bits per heavy atom. The standard InChI is InChI=1S/C10H18F4O/c1-3-4-5-6-7-8(2)15-10(13,14)9(11)12/h8-9H,3-7H2,1-2H3. The summed E-state index contributed by atoms with van der Waals surface area (Å²) in [5.74, 6) is 0. The van der Waals surface area contributed by atoms with Gasteiger partial charge in [-0.2, -0.15) is 8.78 Å². The summed E-state index contributed by atoms with van der Waals surface area (Å²) in [5, 5.41) is 0. The number of hydrogen-bond acceptors (Lipinski definition) is 1. The van der Waals surface area contributed by atoms with Crippen molar-refractivity contribution < 1.29 is 22.3 Å². The molecule has 0 heterocycles. The number of unbranched alkanes of at least 4 members (excludes halogenated alkanes) is 3. The molecular weight excluding hydrogens is 212 g/mol. The first kappa shape index (κ1) is 14.7.